The number of carbonyl (C=O) groups is 1. The van der Waals surface area contributed by atoms with Crippen molar-refractivity contribution in [1.82, 2.24) is 19.7 Å². The smallest absolute Gasteiger partial charge is 0.354 e. The van der Waals surface area contributed by atoms with Gasteiger partial charge in [0.1, 0.15) is 5.82 Å². The van der Waals surface area contributed by atoms with Crippen LogP contribution in [0.5, 0.6) is 0 Å². The summed E-state index contributed by atoms with van der Waals surface area (Å²) in [5.41, 5.74) is 2.95. The molecule has 1 saturated carbocycles. The third-order valence-electron chi connectivity index (χ3n) is 8.20. The molecule has 2 saturated heterocycles. The Morgan fingerprint density at radius 1 is 1.11 bits per heavy atom. The minimum absolute atomic E-state index is 0.00275. The Balaban J connectivity index is 1.38. The number of hydrogen-bond donors (Lipinski definition) is 1. The summed E-state index contributed by atoms with van der Waals surface area (Å²) in [5, 5.41) is 15.8. The van der Waals surface area contributed by atoms with Crippen molar-refractivity contribution in [3.63, 3.8) is 0 Å². The Labute approximate surface area is 216 Å². The monoisotopic (exact) mass is 507 g/mol. The van der Waals surface area contributed by atoms with Crippen LogP contribution < -0.4 is 4.90 Å². The lowest BCUT2D eigenvalue weighted by Crippen LogP contribution is -2.54. The maximum atomic E-state index is 13.7. The average Bonchev–Trinajstić information content (AvgIpc) is 3.21. The van der Waals surface area contributed by atoms with Gasteiger partial charge in [-0.05, 0) is 69.9 Å². The molecule has 0 atom stereocenters. The molecule has 1 N–H and O–H groups in total. The van der Waals surface area contributed by atoms with E-state index in [9.17, 15) is 14.3 Å². The van der Waals surface area contributed by atoms with E-state index >= 15 is 0 Å². The lowest BCUT2D eigenvalue weighted by molar-refractivity contribution is -0.0990. The van der Waals surface area contributed by atoms with Crippen molar-refractivity contribution in [2.45, 2.75) is 63.5 Å². The van der Waals surface area contributed by atoms with Crippen LogP contribution >= 0.6 is 0 Å². The summed E-state index contributed by atoms with van der Waals surface area (Å²) >= 11 is 0. The standard InChI is InChI=1S/C28H34FN5O3/c1-28(2)17-33(14-15-37-28)20-10-12-32(13-11-20)23-16-22(27(35)36)30-26-24(23)25(18-4-3-5-18)31-34(26)21-8-6-19(29)7-9-21/h6-9,16,18,20H,3-5,10-15,17H2,1-2H3,(H,35,36). The minimum Gasteiger partial charge on any atom is -0.477 e. The van der Waals surface area contributed by atoms with Crippen molar-refractivity contribution in [1.29, 1.82) is 0 Å². The van der Waals surface area contributed by atoms with Crippen molar-refractivity contribution in [3.05, 3.63) is 47.5 Å². The number of fused-ring (bicyclic) bond motifs is 1. The highest BCUT2D eigenvalue weighted by molar-refractivity contribution is 5.98. The molecule has 8 nitrogen and oxygen atoms in total. The molecule has 1 aliphatic carbocycles. The largest absolute Gasteiger partial charge is 0.477 e. The topological polar surface area (TPSA) is 83.7 Å². The van der Waals surface area contributed by atoms with Gasteiger partial charge in [0.25, 0.3) is 0 Å². The summed E-state index contributed by atoms with van der Waals surface area (Å²) in [5.74, 6) is -1.06. The van der Waals surface area contributed by atoms with Gasteiger partial charge < -0.3 is 14.7 Å². The SMILES string of the molecule is CC1(C)CN(C2CCN(c3cc(C(=O)O)nc4c3c(C3CCC3)nn4-c3ccc(F)cc3)CC2)CCO1. The van der Waals surface area contributed by atoms with E-state index in [0.717, 1.165) is 81.7 Å². The van der Waals surface area contributed by atoms with Crippen LogP contribution in [0.3, 0.4) is 0 Å². The minimum atomic E-state index is -1.06. The molecular formula is C28H34FN5O3. The number of nitrogens with zero attached hydrogens (tertiary/aromatic N) is 5. The number of morpholine rings is 1. The summed E-state index contributed by atoms with van der Waals surface area (Å²) in [6.07, 6.45) is 5.29. The number of carboxylic acids is 1. The molecule has 0 spiro atoms. The predicted molar refractivity (Wildman–Crippen MR) is 139 cm³/mol. The highest BCUT2D eigenvalue weighted by Crippen LogP contribution is 2.43. The number of anilines is 1. The first-order chi connectivity index (χ1) is 17.8. The van der Waals surface area contributed by atoms with Crippen LogP contribution in [0.25, 0.3) is 16.7 Å². The summed E-state index contributed by atoms with van der Waals surface area (Å²) < 4.78 is 21.3. The number of hydrogen-bond acceptors (Lipinski definition) is 6. The van der Waals surface area contributed by atoms with Crippen LogP contribution in [0.1, 0.15) is 68.1 Å². The molecule has 6 rings (SSSR count). The van der Waals surface area contributed by atoms with E-state index in [4.69, 9.17) is 9.84 Å². The molecule has 4 heterocycles. The molecule has 0 radical (unpaired) electrons. The number of rotatable bonds is 5. The number of piperidine rings is 1. The third kappa shape index (κ3) is 4.59. The first-order valence-corrected chi connectivity index (χ1v) is 13.3. The first-order valence-electron chi connectivity index (χ1n) is 13.3. The van der Waals surface area contributed by atoms with Gasteiger partial charge in [0.2, 0.25) is 0 Å². The lowest BCUT2D eigenvalue weighted by atomic mass is 9.82. The molecule has 3 fully saturated rings. The normalized spacial score (nSPS) is 21.3. The van der Waals surface area contributed by atoms with Crippen LogP contribution in [0.15, 0.2) is 30.3 Å². The van der Waals surface area contributed by atoms with Gasteiger partial charge in [-0.2, -0.15) is 5.10 Å². The summed E-state index contributed by atoms with van der Waals surface area (Å²) in [6.45, 7) is 8.61. The molecule has 1 aromatic carbocycles. The van der Waals surface area contributed by atoms with E-state index in [1.165, 1.54) is 12.1 Å². The number of aromatic carboxylic acids is 1. The number of aromatic nitrogens is 3. The van der Waals surface area contributed by atoms with Gasteiger partial charge in [-0.25, -0.2) is 18.9 Å². The molecule has 3 aromatic rings. The van der Waals surface area contributed by atoms with Gasteiger partial charge in [-0.3, -0.25) is 4.90 Å². The third-order valence-corrected chi connectivity index (χ3v) is 8.20. The number of benzene rings is 1. The Bertz CT molecular complexity index is 1310. The fourth-order valence-corrected chi connectivity index (χ4v) is 6.05. The zero-order valence-electron chi connectivity index (χ0n) is 21.5. The second-order valence-electron chi connectivity index (χ2n) is 11.2. The molecule has 0 amide bonds. The maximum Gasteiger partial charge on any atom is 0.354 e. The van der Waals surface area contributed by atoms with Crippen molar-refractivity contribution in [2.24, 2.45) is 0 Å². The Morgan fingerprint density at radius 3 is 2.46 bits per heavy atom. The van der Waals surface area contributed by atoms with Crippen molar-refractivity contribution in [2.75, 3.05) is 37.7 Å². The molecule has 9 heteroatoms. The molecule has 0 bridgehead atoms. The molecule has 2 aromatic heterocycles. The first kappa shape index (κ1) is 24.3. The van der Waals surface area contributed by atoms with Crippen molar-refractivity contribution < 1.29 is 19.0 Å². The average molecular weight is 508 g/mol. The van der Waals surface area contributed by atoms with Gasteiger partial charge in [0, 0.05) is 38.1 Å². The summed E-state index contributed by atoms with van der Waals surface area (Å²) in [4.78, 5) is 21.5. The van der Waals surface area contributed by atoms with Crippen LogP contribution in [0.2, 0.25) is 0 Å². The Kier molecular flexibility index (Phi) is 6.15. The van der Waals surface area contributed by atoms with E-state index in [1.54, 1.807) is 22.9 Å². The molecule has 3 aliphatic rings. The zero-order valence-corrected chi connectivity index (χ0v) is 21.5. The van der Waals surface area contributed by atoms with Crippen molar-refractivity contribution in [3.8, 4) is 5.69 Å². The fourth-order valence-electron chi connectivity index (χ4n) is 6.05. The Morgan fingerprint density at radius 2 is 1.84 bits per heavy atom. The molecule has 0 unspecified atom stereocenters. The summed E-state index contributed by atoms with van der Waals surface area (Å²) in [7, 11) is 0. The second kappa shape index (κ2) is 9.36. The molecule has 2 aliphatic heterocycles. The Hall–Kier alpha value is -3.04. The van der Waals surface area contributed by atoms with Crippen LogP contribution in [-0.2, 0) is 4.74 Å². The zero-order chi connectivity index (χ0) is 25.7. The van der Waals surface area contributed by atoms with Gasteiger partial charge >= 0.3 is 5.97 Å². The van der Waals surface area contributed by atoms with Crippen LogP contribution in [0, 0.1) is 5.82 Å². The maximum absolute atomic E-state index is 13.7. The predicted octanol–water partition coefficient (Wildman–Crippen LogP) is 4.60. The van der Waals surface area contributed by atoms with Crippen molar-refractivity contribution >= 4 is 22.7 Å². The number of ether oxygens (including phenoxy) is 1. The van der Waals surface area contributed by atoms with E-state index in [1.807, 2.05) is 0 Å². The van der Waals surface area contributed by atoms with E-state index in [0.29, 0.717) is 23.3 Å². The lowest BCUT2D eigenvalue weighted by Gasteiger charge is -2.45. The summed E-state index contributed by atoms with van der Waals surface area (Å²) in [6, 6.07) is 8.33. The fraction of sp³-hybridized carbons (Fsp3) is 0.536. The molecule has 37 heavy (non-hydrogen) atoms. The second-order valence-corrected chi connectivity index (χ2v) is 11.2. The highest BCUT2D eigenvalue weighted by Gasteiger charge is 2.35. The van der Waals surface area contributed by atoms with Gasteiger partial charge in [-0.15, -0.1) is 0 Å². The van der Waals surface area contributed by atoms with Crippen LogP contribution in [0.4, 0.5) is 10.1 Å². The molecular weight excluding hydrogens is 473 g/mol. The number of halogens is 1. The number of carboxylic acid groups (broad SMARTS) is 1. The number of pyridine rings is 1. The van der Waals surface area contributed by atoms with Gasteiger partial charge in [0.05, 0.1) is 34.7 Å². The highest BCUT2D eigenvalue weighted by atomic mass is 19.1. The quantitative estimate of drug-likeness (QED) is 0.540. The van der Waals surface area contributed by atoms with Gasteiger partial charge in [-0.1, -0.05) is 6.42 Å². The van der Waals surface area contributed by atoms with E-state index < -0.39 is 5.97 Å². The van der Waals surface area contributed by atoms with E-state index in [-0.39, 0.29) is 17.1 Å². The van der Waals surface area contributed by atoms with Gasteiger partial charge in [0.15, 0.2) is 11.3 Å². The molecule has 196 valence electrons. The van der Waals surface area contributed by atoms with Crippen LogP contribution in [-0.4, -0.2) is 75.2 Å². The van der Waals surface area contributed by atoms with E-state index in [2.05, 4.69) is 28.6 Å².